The van der Waals surface area contributed by atoms with E-state index in [2.05, 4.69) is 9.97 Å². The summed E-state index contributed by atoms with van der Waals surface area (Å²) < 4.78 is 26.0. The summed E-state index contributed by atoms with van der Waals surface area (Å²) in [6.45, 7) is 3.91. The van der Waals surface area contributed by atoms with Gasteiger partial charge < -0.3 is 0 Å². The summed E-state index contributed by atoms with van der Waals surface area (Å²) >= 11 is 7.13. The van der Waals surface area contributed by atoms with E-state index in [1.54, 1.807) is 6.07 Å². The van der Waals surface area contributed by atoms with Gasteiger partial charge >= 0.3 is 0 Å². The monoisotopic (exact) mass is 300 g/mol. The lowest BCUT2D eigenvalue weighted by molar-refractivity contribution is 0.506. The second-order valence-corrected chi connectivity index (χ2v) is 5.70. The fourth-order valence-corrected chi connectivity index (χ4v) is 2.49. The van der Waals surface area contributed by atoms with Crippen LogP contribution in [0.1, 0.15) is 25.6 Å². The standard InChI is InChI=1S/C13H11ClF2N2S/c1-7(2)13-17-11(14)6-12(18-13)19-8-3-4-9(15)10(16)5-8/h3-7H,1-2H3. The molecule has 0 atom stereocenters. The Kier molecular flexibility index (Phi) is 4.37. The molecule has 2 rings (SSSR count). The maximum absolute atomic E-state index is 13.1. The fourth-order valence-electron chi connectivity index (χ4n) is 1.39. The minimum atomic E-state index is -0.880. The zero-order valence-electron chi connectivity index (χ0n) is 10.3. The molecule has 1 aromatic heterocycles. The Labute approximate surface area is 119 Å². The molecule has 0 N–H and O–H groups in total. The van der Waals surface area contributed by atoms with Gasteiger partial charge in [-0.15, -0.1) is 0 Å². The van der Waals surface area contributed by atoms with Crippen molar-refractivity contribution in [3.63, 3.8) is 0 Å². The average Bonchev–Trinajstić information content (AvgIpc) is 2.33. The number of nitrogens with zero attached hydrogens (tertiary/aromatic N) is 2. The van der Waals surface area contributed by atoms with Gasteiger partial charge in [0.15, 0.2) is 11.6 Å². The van der Waals surface area contributed by atoms with Crippen molar-refractivity contribution in [2.75, 3.05) is 0 Å². The van der Waals surface area contributed by atoms with Gasteiger partial charge in [0, 0.05) is 16.9 Å². The Morgan fingerprint density at radius 2 is 1.84 bits per heavy atom. The third-order valence-electron chi connectivity index (χ3n) is 2.32. The fraction of sp³-hybridized carbons (Fsp3) is 0.231. The molecule has 19 heavy (non-hydrogen) atoms. The first-order chi connectivity index (χ1) is 8.95. The van der Waals surface area contributed by atoms with Crippen LogP contribution in [-0.2, 0) is 0 Å². The van der Waals surface area contributed by atoms with E-state index >= 15 is 0 Å². The quantitative estimate of drug-likeness (QED) is 0.770. The summed E-state index contributed by atoms with van der Waals surface area (Å²) in [6.07, 6.45) is 0. The summed E-state index contributed by atoms with van der Waals surface area (Å²) in [5.41, 5.74) is 0. The van der Waals surface area contributed by atoms with E-state index in [0.29, 0.717) is 20.9 Å². The Hall–Kier alpha value is -1.20. The molecule has 0 radical (unpaired) electrons. The number of hydrogen-bond donors (Lipinski definition) is 0. The molecule has 0 aliphatic rings. The average molecular weight is 301 g/mol. The van der Waals surface area contributed by atoms with E-state index in [-0.39, 0.29) is 5.92 Å². The first-order valence-electron chi connectivity index (χ1n) is 5.63. The summed E-state index contributed by atoms with van der Waals surface area (Å²) in [4.78, 5) is 9.00. The molecule has 6 heteroatoms. The van der Waals surface area contributed by atoms with Gasteiger partial charge in [-0.3, -0.25) is 0 Å². The van der Waals surface area contributed by atoms with Crippen LogP contribution >= 0.6 is 23.4 Å². The molecule has 0 aliphatic carbocycles. The van der Waals surface area contributed by atoms with Gasteiger partial charge in [-0.1, -0.05) is 37.2 Å². The molecule has 0 spiro atoms. The third kappa shape index (κ3) is 3.64. The SMILES string of the molecule is CC(C)c1nc(Cl)cc(Sc2ccc(F)c(F)c2)n1. The number of benzene rings is 1. The predicted molar refractivity (Wildman–Crippen MR) is 71.6 cm³/mol. The van der Waals surface area contributed by atoms with Crippen LogP contribution in [0.15, 0.2) is 34.2 Å². The lowest BCUT2D eigenvalue weighted by Gasteiger charge is -2.07. The van der Waals surface area contributed by atoms with Crippen LogP contribution in [0.4, 0.5) is 8.78 Å². The molecule has 0 amide bonds. The molecule has 100 valence electrons. The van der Waals surface area contributed by atoms with E-state index in [4.69, 9.17) is 11.6 Å². The van der Waals surface area contributed by atoms with Gasteiger partial charge in [-0.2, -0.15) is 0 Å². The van der Waals surface area contributed by atoms with Crippen molar-refractivity contribution >= 4 is 23.4 Å². The van der Waals surface area contributed by atoms with Crippen molar-refractivity contribution < 1.29 is 8.78 Å². The molecule has 0 saturated heterocycles. The number of hydrogen-bond acceptors (Lipinski definition) is 3. The molecule has 1 heterocycles. The van der Waals surface area contributed by atoms with Crippen LogP contribution in [0, 0.1) is 11.6 Å². The molecule has 2 nitrogen and oxygen atoms in total. The second kappa shape index (κ2) is 5.84. The number of rotatable bonds is 3. The molecule has 0 fully saturated rings. The first-order valence-corrected chi connectivity index (χ1v) is 6.82. The third-order valence-corrected chi connectivity index (χ3v) is 3.42. The van der Waals surface area contributed by atoms with Gasteiger partial charge in [-0.05, 0) is 18.2 Å². The molecule has 2 aromatic rings. The van der Waals surface area contributed by atoms with Gasteiger partial charge in [0.1, 0.15) is 16.0 Å². The highest BCUT2D eigenvalue weighted by Gasteiger charge is 2.09. The molecule has 0 aliphatic heterocycles. The Bertz CT molecular complexity index is 605. The second-order valence-electron chi connectivity index (χ2n) is 4.22. The van der Waals surface area contributed by atoms with Crippen LogP contribution in [0.2, 0.25) is 5.15 Å². The van der Waals surface area contributed by atoms with Crippen LogP contribution in [0.5, 0.6) is 0 Å². The highest BCUT2D eigenvalue weighted by Crippen LogP contribution is 2.29. The summed E-state index contributed by atoms with van der Waals surface area (Å²) in [5, 5.41) is 0.943. The normalized spacial score (nSPS) is 11.1. The smallest absolute Gasteiger partial charge is 0.159 e. The molecule has 0 saturated carbocycles. The van der Waals surface area contributed by atoms with E-state index in [9.17, 15) is 8.78 Å². The number of halogens is 3. The van der Waals surface area contributed by atoms with Crippen LogP contribution in [0.25, 0.3) is 0 Å². The van der Waals surface area contributed by atoms with Crippen LogP contribution in [0.3, 0.4) is 0 Å². The zero-order chi connectivity index (χ0) is 14.0. The highest BCUT2D eigenvalue weighted by molar-refractivity contribution is 7.99. The van der Waals surface area contributed by atoms with Crippen molar-refractivity contribution in [3.05, 3.63) is 46.9 Å². The van der Waals surface area contributed by atoms with E-state index in [1.165, 1.54) is 17.8 Å². The predicted octanol–water partition coefficient (Wildman–Crippen LogP) is 4.68. The Balaban J connectivity index is 2.29. The summed E-state index contributed by atoms with van der Waals surface area (Å²) in [7, 11) is 0. The van der Waals surface area contributed by atoms with Crippen LogP contribution < -0.4 is 0 Å². The zero-order valence-corrected chi connectivity index (χ0v) is 11.9. The lowest BCUT2D eigenvalue weighted by Crippen LogP contribution is -1.98. The maximum atomic E-state index is 13.1. The van der Waals surface area contributed by atoms with Gasteiger partial charge in [0.05, 0.1) is 0 Å². The summed E-state index contributed by atoms with van der Waals surface area (Å²) in [5.74, 6) is -0.984. The van der Waals surface area contributed by atoms with E-state index in [0.717, 1.165) is 12.1 Å². The molecule has 0 bridgehead atoms. The van der Waals surface area contributed by atoms with Gasteiger partial charge in [0.2, 0.25) is 0 Å². The highest BCUT2D eigenvalue weighted by atomic mass is 35.5. The molecule has 1 aromatic carbocycles. The van der Waals surface area contributed by atoms with Crippen LogP contribution in [-0.4, -0.2) is 9.97 Å². The largest absolute Gasteiger partial charge is 0.226 e. The van der Waals surface area contributed by atoms with Crippen molar-refractivity contribution in [1.82, 2.24) is 9.97 Å². The maximum Gasteiger partial charge on any atom is 0.159 e. The van der Waals surface area contributed by atoms with Gasteiger partial charge in [0.25, 0.3) is 0 Å². The topological polar surface area (TPSA) is 25.8 Å². The first kappa shape index (κ1) is 14.2. The Morgan fingerprint density at radius 1 is 1.11 bits per heavy atom. The molecular weight excluding hydrogens is 290 g/mol. The molecular formula is C13H11ClF2N2S. The number of aromatic nitrogens is 2. The van der Waals surface area contributed by atoms with E-state index in [1.807, 2.05) is 13.8 Å². The van der Waals surface area contributed by atoms with Crippen molar-refractivity contribution in [3.8, 4) is 0 Å². The minimum absolute atomic E-state index is 0.142. The van der Waals surface area contributed by atoms with Crippen molar-refractivity contribution in [2.45, 2.75) is 29.7 Å². The lowest BCUT2D eigenvalue weighted by atomic mass is 10.2. The van der Waals surface area contributed by atoms with Crippen molar-refractivity contribution in [2.24, 2.45) is 0 Å². The molecule has 0 unspecified atom stereocenters. The van der Waals surface area contributed by atoms with Gasteiger partial charge in [-0.25, -0.2) is 18.7 Å². The van der Waals surface area contributed by atoms with E-state index < -0.39 is 11.6 Å². The summed E-state index contributed by atoms with van der Waals surface area (Å²) in [6, 6.07) is 5.31. The van der Waals surface area contributed by atoms with Crippen molar-refractivity contribution in [1.29, 1.82) is 0 Å². The minimum Gasteiger partial charge on any atom is -0.226 e. The Morgan fingerprint density at radius 3 is 2.47 bits per heavy atom.